The second-order valence-electron chi connectivity index (χ2n) is 6.24. The molecule has 0 aliphatic carbocycles. The van der Waals surface area contributed by atoms with Crippen LogP contribution in [0.25, 0.3) is 0 Å². The Morgan fingerprint density at radius 1 is 1.45 bits per heavy atom. The summed E-state index contributed by atoms with van der Waals surface area (Å²) in [5.74, 6) is 0.538. The van der Waals surface area contributed by atoms with Crippen molar-refractivity contribution in [1.82, 2.24) is 15.6 Å². The third kappa shape index (κ3) is 3.37. The molecule has 2 N–H and O–H groups in total. The maximum Gasteiger partial charge on any atom is 0.226 e. The minimum absolute atomic E-state index is 0.0151. The number of carbonyl (C=O) groups is 1. The molecule has 1 aliphatic rings. The summed E-state index contributed by atoms with van der Waals surface area (Å²) >= 11 is 0. The van der Waals surface area contributed by atoms with E-state index < -0.39 is 0 Å². The Morgan fingerprint density at radius 3 is 2.75 bits per heavy atom. The Labute approximate surface area is 121 Å². The fourth-order valence-corrected chi connectivity index (χ4v) is 2.77. The zero-order valence-corrected chi connectivity index (χ0v) is 12.6. The number of piperidine rings is 1. The fourth-order valence-electron chi connectivity index (χ4n) is 2.77. The van der Waals surface area contributed by atoms with Crippen molar-refractivity contribution in [2.24, 2.45) is 11.3 Å². The topological polar surface area (TPSA) is 54.0 Å². The van der Waals surface area contributed by atoms with Crippen LogP contribution in [0.5, 0.6) is 0 Å². The normalized spacial score (nSPS) is 21.2. The predicted octanol–water partition coefficient (Wildman–Crippen LogP) is 2.28. The van der Waals surface area contributed by atoms with Gasteiger partial charge in [-0.2, -0.15) is 0 Å². The lowest BCUT2D eigenvalue weighted by Gasteiger charge is -2.36. The summed E-state index contributed by atoms with van der Waals surface area (Å²) in [6, 6.07) is 3.90. The van der Waals surface area contributed by atoms with Crippen molar-refractivity contribution in [3.8, 4) is 0 Å². The number of carbonyl (C=O) groups excluding carboxylic acids is 1. The van der Waals surface area contributed by atoms with E-state index in [4.69, 9.17) is 0 Å². The van der Waals surface area contributed by atoms with Crippen molar-refractivity contribution in [2.45, 2.75) is 39.7 Å². The molecule has 0 saturated carbocycles. The number of nitrogens with zero attached hydrogens (tertiary/aromatic N) is 1. The molecule has 0 radical (unpaired) electrons. The molecule has 0 spiro atoms. The summed E-state index contributed by atoms with van der Waals surface area (Å²) in [4.78, 5) is 16.6. The van der Waals surface area contributed by atoms with Gasteiger partial charge in [0.1, 0.15) is 0 Å². The van der Waals surface area contributed by atoms with Crippen molar-refractivity contribution >= 4 is 5.91 Å². The van der Waals surface area contributed by atoms with E-state index in [-0.39, 0.29) is 17.4 Å². The van der Waals surface area contributed by atoms with E-state index in [1.807, 2.05) is 19.1 Å². The molecule has 2 heterocycles. The lowest BCUT2D eigenvalue weighted by molar-refractivity contribution is -0.133. The van der Waals surface area contributed by atoms with Crippen LogP contribution in [0.15, 0.2) is 24.5 Å². The van der Waals surface area contributed by atoms with Crippen molar-refractivity contribution in [3.63, 3.8) is 0 Å². The quantitative estimate of drug-likeness (QED) is 0.886. The number of rotatable bonds is 4. The van der Waals surface area contributed by atoms with Gasteiger partial charge < -0.3 is 10.6 Å². The average Bonchev–Trinajstić information content (AvgIpc) is 2.49. The molecule has 110 valence electrons. The molecule has 4 heteroatoms. The summed E-state index contributed by atoms with van der Waals surface area (Å²) in [5.41, 5.74) is 0.750. The highest BCUT2D eigenvalue weighted by Gasteiger charge is 2.37. The van der Waals surface area contributed by atoms with Gasteiger partial charge in [-0.05, 0) is 56.5 Å². The van der Waals surface area contributed by atoms with Crippen molar-refractivity contribution < 1.29 is 4.79 Å². The standard InChI is InChI=1S/C16H25N3O/c1-12(13-6-9-17-10-7-13)19-15(20)16(2,3)14-5-4-8-18-11-14/h6-7,9-10,12,14,18H,4-5,8,11H2,1-3H3,(H,19,20)/t12-,14?/m1/s1. The molecule has 4 nitrogen and oxygen atoms in total. The lowest BCUT2D eigenvalue weighted by atomic mass is 9.74. The van der Waals surface area contributed by atoms with E-state index >= 15 is 0 Å². The van der Waals surface area contributed by atoms with Gasteiger partial charge in [0, 0.05) is 17.8 Å². The monoisotopic (exact) mass is 275 g/mol. The number of hydrogen-bond acceptors (Lipinski definition) is 3. The second-order valence-corrected chi connectivity index (χ2v) is 6.24. The third-order valence-electron chi connectivity index (χ3n) is 4.46. The second kappa shape index (κ2) is 6.35. The summed E-state index contributed by atoms with van der Waals surface area (Å²) in [5, 5.41) is 6.53. The molecule has 0 bridgehead atoms. The lowest BCUT2D eigenvalue weighted by Crippen LogP contribution is -2.47. The van der Waals surface area contributed by atoms with E-state index in [0.717, 1.165) is 31.5 Å². The van der Waals surface area contributed by atoms with Crippen LogP contribution >= 0.6 is 0 Å². The molecular weight excluding hydrogens is 250 g/mol. The zero-order chi connectivity index (χ0) is 14.6. The highest BCUT2D eigenvalue weighted by molar-refractivity contribution is 5.82. The molecule has 2 atom stereocenters. The Balaban J connectivity index is 1.99. The number of aromatic nitrogens is 1. The number of hydrogen-bond donors (Lipinski definition) is 2. The van der Waals surface area contributed by atoms with Gasteiger partial charge in [-0.25, -0.2) is 0 Å². The third-order valence-corrected chi connectivity index (χ3v) is 4.46. The van der Waals surface area contributed by atoms with Crippen LogP contribution in [0.2, 0.25) is 0 Å². The predicted molar refractivity (Wildman–Crippen MR) is 80.2 cm³/mol. The number of pyridine rings is 1. The molecule has 20 heavy (non-hydrogen) atoms. The van der Waals surface area contributed by atoms with Crippen LogP contribution in [0.1, 0.15) is 45.2 Å². The number of amides is 1. The number of nitrogens with one attached hydrogen (secondary N) is 2. The van der Waals surface area contributed by atoms with Crippen LogP contribution in [0.3, 0.4) is 0 Å². The van der Waals surface area contributed by atoms with Crippen LogP contribution in [0, 0.1) is 11.3 Å². The highest BCUT2D eigenvalue weighted by atomic mass is 16.2. The smallest absolute Gasteiger partial charge is 0.226 e. The van der Waals surface area contributed by atoms with Gasteiger partial charge in [0.2, 0.25) is 5.91 Å². The Hall–Kier alpha value is -1.42. The molecule has 2 rings (SSSR count). The van der Waals surface area contributed by atoms with Gasteiger partial charge in [-0.15, -0.1) is 0 Å². The Morgan fingerprint density at radius 2 is 2.15 bits per heavy atom. The average molecular weight is 275 g/mol. The Kier molecular flexibility index (Phi) is 4.76. The first-order chi connectivity index (χ1) is 9.51. The van der Waals surface area contributed by atoms with E-state index in [1.54, 1.807) is 12.4 Å². The van der Waals surface area contributed by atoms with Gasteiger partial charge in [-0.1, -0.05) is 13.8 Å². The molecule has 1 amide bonds. The van der Waals surface area contributed by atoms with Crippen LogP contribution in [-0.4, -0.2) is 24.0 Å². The van der Waals surface area contributed by atoms with Gasteiger partial charge in [0.05, 0.1) is 6.04 Å². The first-order valence-electron chi connectivity index (χ1n) is 7.43. The molecule has 1 unspecified atom stereocenters. The largest absolute Gasteiger partial charge is 0.349 e. The molecule has 0 aromatic carbocycles. The van der Waals surface area contributed by atoms with E-state index in [9.17, 15) is 4.79 Å². The molecule has 1 aromatic rings. The molecule has 1 aromatic heterocycles. The Bertz CT molecular complexity index is 438. The van der Waals surface area contributed by atoms with Crippen molar-refractivity contribution in [1.29, 1.82) is 0 Å². The van der Waals surface area contributed by atoms with Gasteiger partial charge in [-0.3, -0.25) is 9.78 Å². The molecule has 1 saturated heterocycles. The first kappa shape index (κ1) is 15.0. The van der Waals surface area contributed by atoms with Gasteiger partial charge in [0.25, 0.3) is 0 Å². The summed E-state index contributed by atoms with van der Waals surface area (Å²) in [7, 11) is 0. The molecule has 1 fully saturated rings. The van der Waals surface area contributed by atoms with E-state index in [2.05, 4.69) is 29.5 Å². The van der Waals surface area contributed by atoms with E-state index in [0.29, 0.717) is 5.92 Å². The minimum atomic E-state index is -0.339. The van der Waals surface area contributed by atoms with Crippen LogP contribution in [0.4, 0.5) is 0 Å². The summed E-state index contributed by atoms with van der Waals surface area (Å²) in [6.45, 7) is 8.13. The minimum Gasteiger partial charge on any atom is -0.349 e. The maximum absolute atomic E-state index is 12.6. The highest BCUT2D eigenvalue weighted by Crippen LogP contribution is 2.32. The van der Waals surface area contributed by atoms with E-state index in [1.165, 1.54) is 0 Å². The molecule has 1 aliphatic heterocycles. The fraction of sp³-hybridized carbons (Fsp3) is 0.625. The first-order valence-corrected chi connectivity index (χ1v) is 7.43. The maximum atomic E-state index is 12.6. The summed E-state index contributed by atoms with van der Waals surface area (Å²) in [6.07, 6.45) is 5.79. The van der Waals surface area contributed by atoms with Crippen molar-refractivity contribution in [3.05, 3.63) is 30.1 Å². The summed E-state index contributed by atoms with van der Waals surface area (Å²) < 4.78 is 0. The van der Waals surface area contributed by atoms with Crippen molar-refractivity contribution in [2.75, 3.05) is 13.1 Å². The SMILES string of the molecule is C[C@@H](NC(=O)C(C)(C)C1CCCNC1)c1ccncc1. The van der Waals surface area contributed by atoms with Gasteiger partial charge >= 0.3 is 0 Å². The zero-order valence-electron chi connectivity index (χ0n) is 12.6. The van der Waals surface area contributed by atoms with Crippen LogP contribution in [-0.2, 0) is 4.79 Å². The molecular formula is C16H25N3O. The van der Waals surface area contributed by atoms with Crippen LogP contribution < -0.4 is 10.6 Å². The van der Waals surface area contributed by atoms with Gasteiger partial charge in [0.15, 0.2) is 0 Å².